The number of aromatic nitrogens is 3. The average Bonchev–Trinajstić information content (AvgIpc) is 3.48. The van der Waals surface area contributed by atoms with Crippen molar-refractivity contribution in [3.63, 3.8) is 0 Å². The van der Waals surface area contributed by atoms with Crippen LogP contribution in [-0.2, 0) is 17.2 Å². The van der Waals surface area contributed by atoms with E-state index in [9.17, 15) is 4.79 Å². The van der Waals surface area contributed by atoms with E-state index in [1.165, 1.54) is 11.8 Å². The van der Waals surface area contributed by atoms with Crippen molar-refractivity contribution >= 4 is 52.5 Å². The predicted molar refractivity (Wildman–Crippen MR) is 193 cm³/mol. The first-order valence-corrected chi connectivity index (χ1v) is 17.3. The second-order valence-electron chi connectivity index (χ2n) is 11.3. The summed E-state index contributed by atoms with van der Waals surface area (Å²) >= 11 is 14.3. The summed E-state index contributed by atoms with van der Waals surface area (Å²) in [5, 5.41) is 13.3. The van der Waals surface area contributed by atoms with Gasteiger partial charge in [-0.2, -0.15) is 4.98 Å². The molecule has 5 aromatic rings. The molecule has 6 rings (SSSR count). The molecule has 1 aliphatic rings. The number of benzene rings is 4. The third-order valence-electron chi connectivity index (χ3n) is 8.17. The average molecular weight is 701 g/mol. The van der Waals surface area contributed by atoms with E-state index in [4.69, 9.17) is 42.8 Å². The molecule has 48 heavy (non-hydrogen) atoms. The number of anilines is 2. The number of carbonyl (C=O) groups excluding carboxylic acids is 1. The first-order valence-electron chi connectivity index (χ1n) is 15.5. The number of hydrogen-bond donors (Lipinski definition) is 2. The fourth-order valence-electron chi connectivity index (χ4n) is 5.48. The SMILES string of the molecule is CCOc1cc(C2C(C(=O)Nc3cccc(C)c3C)=C(C)Nc3nc(SCc4ccccc4Cl)nn32)ccc1OCc1ccccc1Cl. The molecule has 1 aromatic heterocycles. The number of thioether (sulfide) groups is 1. The summed E-state index contributed by atoms with van der Waals surface area (Å²) in [5.41, 5.74) is 6.64. The Kier molecular flexibility index (Phi) is 10.3. The lowest BCUT2D eigenvalue weighted by Gasteiger charge is -2.29. The smallest absolute Gasteiger partial charge is 0.255 e. The fourth-order valence-corrected chi connectivity index (χ4v) is 6.79. The number of halogens is 2. The molecule has 2 heterocycles. The summed E-state index contributed by atoms with van der Waals surface area (Å²) in [7, 11) is 0. The Morgan fingerprint density at radius 2 is 1.65 bits per heavy atom. The number of carbonyl (C=O) groups is 1. The molecule has 246 valence electrons. The maximum absolute atomic E-state index is 14.2. The van der Waals surface area contributed by atoms with Gasteiger partial charge in [0, 0.05) is 32.7 Å². The van der Waals surface area contributed by atoms with Gasteiger partial charge in [-0.3, -0.25) is 4.79 Å². The van der Waals surface area contributed by atoms with Crippen LogP contribution in [0.3, 0.4) is 0 Å². The third kappa shape index (κ3) is 7.18. The molecule has 1 amide bonds. The normalized spacial score (nSPS) is 13.9. The summed E-state index contributed by atoms with van der Waals surface area (Å²) in [6.45, 7) is 8.51. The van der Waals surface area contributed by atoms with Crippen molar-refractivity contribution in [3.8, 4) is 11.5 Å². The first-order chi connectivity index (χ1) is 23.2. The van der Waals surface area contributed by atoms with Gasteiger partial charge < -0.3 is 20.1 Å². The van der Waals surface area contributed by atoms with Crippen LogP contribution in [0.25, 0.3) is 0 Å². The van der Waals surface area contributed by atoms with Crippen molar-refractivity contribution in [3.05, 3.63) is 134 Å². The van der Waals surface area contributed by atoms with E-state index in [0.717, 1.165) is 33.5 Å². The van der Waals surface area contributed by atoms with Crippen molar-refractivity contribution < 1.29 is 14.3 Å². The molecule has 0 saturated carbocycles. The maximum Gasteiger partial charge on any atom is 0.255 e. The Morgan fingerprint density at radius 1 is 0.917 bits per heavy atom. The van der Waals surface area contributed by atoms with Gasteiger partial charge in [0.1, 0.15) is 12.6 Å². The third-order valence-corrected chi connectivity index (χ3v) is 9.79. The monoisotopic (exact) mass is 699 g/mol. The first kappa shape index (κ1) is 33.5. The highest BCUT2D eigenvalue weighted by molar-refractivity contribution is 7.98. The summed E-state index contributed by atoms with van der Waals surface area (Å²) in [6.07, 6.45) is 0. The van der Waals surface area contributed by atoms with Gasteiger partial charge in [-0.25, -0.2) is 4.68 Å². The summed E-state index contributed by atoms with van der Waals surface area (Å²) < 4.78 is 14.0. The van der Waals surface area contributed by atoms with E-state index in [1.807, 2.05) is 113 Å². The largest absolute Gasteiger partial charge is 0.490 e. The number of aryl methyl sites for hydroxylation is 1. The van der Waals surface area contributed by atoms with Crippen LogP contribution in [0.1, 0.15) is 47.7 Å². The molecule has 1 atom stereocenters. The number of allylic oxidation sites excluding steroid dienone is 1. The second-order valence-corrected chi connectivity index (χ2v) is 13.1. The van der Waals surface area contributed by atoms with Crippen molar-refractivity contribution in [1.29, 1.82) is 0 Å². The number of ether oxygens (including phenoxy) is 2. The lowest BCUT2D eigenvalue weighted by molar-refractivity contribution is -0.113. The van der Waals surface area contributed by atoms with Gasteiger partial charge in [-0.05, 0) is 80.3 Å². The van der Waals surface area contributed by atoms with Crippen molar-refractivity contribution in [2.24, 2.45) is 0 Å². The summed E-state index contributed by atoms with van der Waals surface area (Å²) in [6, 6.07) is 26.2. The standard InChI is InChI=1S/C37H35Cl2N5O3S/c1-5-46-32-19-25(17-18-31(32)47-20-26-12-6-8-14-28(26)38)34-33(35(45)41-30-16-10-11-22(2)23(30)3)24(4)40-36-42-37(43-44(34)36)48-21-27-13-7-9-15-29(27)39/h6-19,34H,5,20-21H2,1-4H3,(H,41,45)(H,40,42,43). The van der Waals surface area contributed by atoms with Crippen LogP contribution in [0, 0.1) is 13.8 Å². The minimum Gasteiger partial charge on any atom is -0.490 e. The van der Waals surface area contributed by atoms with Gasteiger partial charge in [0.05, 0.1) is 12.2 Å². The van der Waals surface area contributed by atoms with Crippen LogP contribution in [0.4, 0.5) is 11.6 Å². The van der Waals surface area contributed by atoms with Crippen molar-refractivity contribution in [2.45, 2.75) is 51.3 Å². The van der Waals surface area contributed by atoms with Crippen LogP contribution in [-0.4, -0.2) is 27.3 Å². The van der Waals surface area contributed by atoms with Crippen LogP contribution in [0.15, 0.2) is 101 Å². The van der Waals surface area contributed by atoms with Crippen molar-refractivity contribution in [2.75, 3.05) is 17.2 Å². The number of amides is 1. The molecule has 0 radical (unpaired) electrons. The zero-order chi connectivity index (χ0) is 33.8. The molecule has 0 bridgehead atoms. The lowest BCUT2D eigenvalue weighted by atomic mass is 9.94. The van der Waals surface area contributed by atoms with E-state index in [0.29, 0.717) is 56.3 Å². The van der Waals surface area contributed by atoms with E-state index >= 15 is 0 Å². The van der Waals surface area contributed by atoms with Crippen LogP contribution in [0.2, 0.25) is 10.0 Å². The van der Waals surface area contributed by atoms with Crippen LogP contribution in [0.5, 0.6) is 11.5 Å². The molecule has 8 nitrogen and oxygen atoms in total. The Labute approximate surface area is 294 Å². The molecular formula is C37H35Cl2N5O3S. The molecule has 1 aliphatic heterocycles. The minimum atomic E-state index is -0.620. The zero-order valence-corrected chi connectivity index (χ0v) is 29.3. The van der Waals surface area contributed by atoms with Gasteiger partial charge in [-0.15, -0.1) is 5.10 Å². The highest BCUT2D eigenvalue weighted by Crippen LogP contribution is 2.41. The number of nitrogens with zero attached hydrogens (tertiary/aromatic N) is 3. The van der Waals surface area contributed by atoms with Crippen LogP contribution >= 0.6 is 35.0 Å². The van der Waals surface area contributed by atoms with Gasteiger partial charge in [0.25, 0.3) is 5.91 Å². The maximum atomic E-state index is 14.2. The van der Waals surface area contributed by atoms with Gasteiger partial charge in [-0.1, -0.05) is 89.6 Å². The Hall–Kier alpha value is -4.44. The Balaban J connectivity index is 1.38. The number of fused-ring (bicyclic) bond motifs is 1. The molecule has 0 saturated heterocycles. The van der Waals surface area contributed by atoms with Gasteiger partial charge in [0.15, 0.2) is 11.5 Å². The Bertz CT molecular complexity index is 2010. The van der Waals surface area contributed by atoms with Crippen LogP contribution < -0.4 is 20.1 Å². The summed E-state index contributed by atoms with van der Waals surface area (Å²) in [4.78, 5) is 19.0. The number of rotatable bonds is 11. The van der Waals surface area contributed by atoms with E-state index in [-0.39, 0.29) is 12.5 Å². The molecule has 0 fully saturated rings. The van der Waals surface area contributed by atoms with E-state index in [1.54, 1.807) is 4.68 Å². The lowest BCUT2D eigenvalue weighted by Crippen LogP contribution is -2.31. The highest BCUT2D eigenvalue weighted by atomic mass is 35.5. The zero-order valence-electron chi connectivity index (χ0n) is 27.0. The molecule has 4 aromatic carbocycles. The molecule has 2 N–H and O–H groups in total. The van der Waals surface area contributed by atoms with E-state index < -0.39 is 6.04 Å². The van der Waals surface area contributed by atoms with E-state index in [2.05, 4.69) is 10.6 Å². The quantitative estimate of drug-likeness (QED) is 0.133. The molecule has 0 aliphatic carbocycles. The molecule has 1 unspecified atom stereocenters. The van der Waals surface area contributed by atoms with Gasteiger partial charge in [0.2, 0.25) is 11.1 Å². The molecular weight excluding hydrogens is 665 g/mol. The second kappa shape index (κ2) is 14.8. The highest BCUT2D eigenvalue weighted by Gasteiger charge is 2.35. The Morgan fingerprint density at radius 3 is 2.38 bits per heavy atom. The summed E-state index contributed by atoms with van der Waals surface area (Å²) in [5.74, 6) is 1.97. The molecule has 11 heteroatoms. The molecule has 0 spiro atoms. The predicted octanol–water partition coefficient (Wildman–Crippen LogP) is 9.40. The van der Waals surface area contributed by atoms with Crippen molar-refractivity contribution in [1.82, 2.24) is 14.8 Å². The minimum absolute atomic E-state index is 0.248. The number of nitrogens with one attached hydrogen (secondary N) is 2. The topological polar surface area (TPSA) is 90.3 Å². The number of hydrogen-bond acceptors (Lipinski definition) is 7. The fraction of sp³-hybridized carbons (Fsp3) is 0.216. The van der Waals surface area contributed by atoms with Gasteiger partial charge >= 0.3 is 0 Å².